The summed E-state index contributed by atoms with van der Waals surface area (Å²) in [6, 6.07) is 9.39. The van der Waals surface area contributed by atoms with E-state index in [9.17, 15) is 14.4 Å². The van der Waals surface area contributed by atoms with Crippen LogP contribution in [0.2, 0.25) is 0 Å². The number of ether oxygens (including phenoxy) is 3. The molecule has 0 saturated carbocycles. The molecule has 0 aliphatic carbocycles. The van der Waals surface area contributed by atoms with Crippen LogP contribution in [0.5, 0.6) is 5.75 Å². The summed E-state index contributed by atoms with van der Waals surface area (Å²) in [4.78, 5) is 38.6. The fraction of sp³-hybridized carbons (Fsp3) is 0.381. The number of pyridine rings is 1. The van der Waals surface area contributed by atoms with Crippen molar-refractivity contribution in [2.45, 2.75) is 45.4 Å². The zero-order valence-electron chi connectivity index (χ0n) is 16.1. The predicted molar refractivity (Wildman–Crippen MR) is 102 cm³/mol. The molecule has 0 N–H and O–H groups in total. The summed E-state index contributed by atoms with van der Waals surface area (Å²) in [7, 11) is 0. The Kier molecular flexibility index (Phi) is 5.35. The van der Waals surface area contributed by atoms with Crippen molar-refractivity contribution in [3.8, 4) is 5.75 Å². The fourth-order valence-electron chi connectivity index (χ4n) is 3.79. The van der Waals surface area contributed by atoms with Gasteiger partial charge in [0.1, 0.15) is 13.2 Å². The number of hydrogen-bond donors (Lipinski definition) is 0. The minimum atomic E-state index is -0.452. The highest BCUT2D eigenvalue weighted by molar-refractivity contribution is 5.96. The molecule has 0 spiro atoms. The Morgan fingerprint density at radius 2 is 2.00 bits per heavy atom. The molecule has 1 amide bonds. The van der Waals surface area contributed by atoms with E-state index in [0.29, 0.717) is 13.2 Å². The van der Waals surface area contributed by atoms with Gasteiger partial charge in [-0.1, -0.05) is 30.3 Å². The lowest BCUT2D eigenvalue weighted by Gasteiger charge is -2.44. The van der Waals surface area contributed by atoms with Crippen LogP contribution in [-0.4, -0.2) is 40.7 Å². The second-order valence-electron chi connectivity index (χ2n) is 7.17. The van der Waals surface area contributed by atoms with Crippen molar-refractivity contribution in [2.75, 3.05) is 6.61 Å². The highest BCUT2D eigenvalue weighted by Crippen LogP contribution is 2.30. The Hall–Kier alpha value is -3.13. The molecular formula is C21H22N2O6. The lowest BCUT2D eigenvalue weighted by Crippen LogP contribution is -2.57. The first-order chi connectivity index (χ1) is 14.1. The molecule has 29 heavy (non-hydrogen) atoms. The summed E-state index contributed by atoms with van der Waals surface area (Å²) in [6.45, 7) is 3.16. The molecule has 2 aliphatic heterocycles. The molecule has 152 valence electrons. The third kappa shape index (κ3) is 3.63. The van der Waals surface area contributed by atoms with Crippen molar-refractivity contribution in [1.29, 1.82) is 0 Å². The van der Waals surface area contributed by atoms with Crippen LogP contribution in [0.1, 0.15) is 35.0 Å². The lowest BCUT2D eigenvalue weighted by molar-refractivity contribution is -0.129. The van der Waals surface area contributed by atoms with E-state index in [1.165, 1.54) is 0 Å². The van der Waals surface area contributed by atoms with Gasteiger partial charge in [0.25, 0.3) is 12.4 Å². The van der Waals surface area contributed by atoms with Gasteiger partial charge in [-0.25, -0.2) is 0 Å². The van der Waals surface area contributed by atoms with E-state index in [1.54, 1.807) is 15.7 Å². The summed E-state index contributed by atoms with van der Waals surface area (Å²) in [5, 5.41) is 0. The van der Waals surface area contributed by atoms with Crippen LogP contribution in [0, 0.1) is 0 Å². The van der Waals surface area contributed by atoms with E-state index in [4.69, 9.17) is 14.2 Å². The van der Waals surface area contributed by atoms with E-state index in [2.05, 4.69) is 0 Å². The first-order valence-electron chi connectivity index (χ1n) is 9.52. The summed E-state index contributed by atoms with van der Waals surface area (Å²) >= 11 is 0. The van der Waals surface area contributed by atoms with Crippen LogP contribution in [0.4, 0.5) is 0 Å². The number of rotatable bonds is 6. The third-order valence-corrected chi connectivity index (χ3v) is 5.27. The average molecular weight is 398 g/mol. The number of fused-ring (bicyclic) bond motifs is 2. The van der Waals surface area contributed by atoms with Crippen LogP contribution in [0.25, 0.3) is 0 Å². The zero-order valence-corrected chi connectivity index (χ0v) is 16.1. The molecule has 3 heterocycles. The van der Waals surface area contributed by atoms with Crippen LogP contribution < -0.4 is 10.2 Å². The van der Waals surface area contributed by atoms with Crippen molar-refractivity contribution in [2.24, 2.45) is 0 Å². The van der Waals surface area contributed by atoms with Gasteiger partial charge in [-0.15, -0.1) is 0 Å². The number of carbonyl (C=O) groups is 2. The molecule has 8 nitrogen and oxygen atoms in total. The van der Waals surface area contributed by atoms with Crippen LogP contribution in [-0.2, 0) is 34.0 Å². The SMILES string of the molecule is C[C@@H]1CCO[C@H]2Cn3cc(COC=O)c(=O)c(OCc4ccccc4)c3C(=O)N12. The van der Waals surface area contributed by atoms with Gasteiger partial charge in [0.2, 0.25) is 5.43 Å². The maximum atomic E-state index is 13.3. The maximum absolute atomic E-state index is 13.3. The minimum Gasteiger partial charge on any atom is -0.483 e. The fourth-order valence-corrected chi connectivity index (χ4v) is 3.79. The number of benzene rings is 1. The second-order valence-corrected chi connectivity index (χ2v) is 7.17. The van der Waals surface area contributed by atoms with Gasteiger partial charge in [-0.2, -0.15) is 0 Å². The predicted octanol–water partition coefficient (Wildman–Crippen LogP) is 1.69. The standard InChI is InChI=1S/C21H22N2O6/c1-14-7-8-28-17-10-22-9-16(12-27-13-24)19(25)20(18(22)21(26)23(14)17)29-11-15-5-3-2-4-6-15/h2-6,9,13-14,17H,7-8,10-12H2,1H3/t14-,17+/m1/s1. The molecule has 0 bridgehead atoms. The van der Waals surface area contributed by atoms with Gasteiger partial charge in [0, 0.05) is 12.2 Å². The van der Waals surface area contributed by atoms with Gasteiger partial charge < -0.3 is 23.7 Å². The molecular weight excluding hydrogens is 376 g/mol. The number of aromatic nitrogens is 1. The number of hydrogen-bond acceptors (Lipinski definition) is 6. The Morgan fingerprint density at radius 1 is 1.21 bits per heavy atom. The van der Waals surface area contributed by atoms with Crippen molar-refractivity contribution in [3.05, 3.63) is 63.6 Å². The Balaban J connectivity index is 1.76. The van der Waals surface area contributed by atoms with Gasteiger partial charge in [-0.05, 0) is 18.9 Å². The molecule has 0 unspecified atom stereocenters. The molecule has 1 fully saturated rings. The molecule has 2 aliphatic rings. The van der Waals surface area contributed by atoms with E-state index in [1.807, 2.05) is 37.3 Å². The first kappa shape index (κ1) is 19.2. The lowest BCUT2D eigenvalue weighted by atomic mass is 10.1. The van der Waals surface area contributed by atoms with Crippen LogP contribution in [0.15, 0.2) is 41.3 Å². The molecule has 1 aromatic heterocycles. The van der Waals surface area contributed by atoms with Crippen molar-refractivity contribution in [3.63, 3.8) is 0 Å². The van der Waals surface area contributed by atoms with Gasteiger partial charge >= 0.3 is 0 Å². The zero-order chi connectivity index (χ0) is 20.4. The molecule has 1 aromatic carbocycles. The van der Waals surface area contributed by atoms with E-state index >= 15 is 0 Å². The van der Waals surface area contributed by atoms with Crippen LogP contribution >= 0.6 is 0 Å². The Morgan fingerprint density at radius 3 is 2.76 bits per heavy atom. The van der Waals surface area contributed by atoms with Crippen molar-refractivity contribution >= 4 is 12.4 Å². The Bertz CT molecular complexity index is 971. The van der Waals surface area contributed by atoms with E-state index in [0.717, 1.165) is 12.0 Å². The highest BCUT2D eigenvalue weighted by atomic mass is 16.5. The summed E-state index contributed by atoms with van der Waals surface area (Å²) in [5.41, 5.74) is 0.866. The minimum absolute atomic E-state index is 0.00477. The van der Waals surface area contributed by atoms with Crippen molar-refractivity contribution in [1.82, 2.24) is 9.47 Å². The number of carbonyl (C=O) groups excluding carboxylic acids is 2. The maximum Gasteiger partial charge on any atom is 0.293 e. The molecule has 0 radical (unpaired) electrons. The molecule has 2 aromatic rings. The molecule has 8 heteroatoms. The van der Waals surface area contributed by atoms with Gasteiger partial charge in [-0.3, -0.25) is 14.4 Å². The van der Waals surface area contributed by atoms with Gasteiger partial charge in [0.05, 0.1) is 18.7 Å². The second kappa shape index (κ2) is 8.08. The largest absolute Gasteiger partial charge is 0.483 e. The van der Waals surface area contributed by atoms with Crippen molar-refractivity contribution < 1.29 is 23.8 Å². The van der Waals surface area contributed by atoms with E-state index < -0.39 is 11.7 Å². The summed E-state index contributed by atoms with van der Waals surface area (Å²) in [5.74, 6) is -0.321. The molecule has 2 atom stereocenters. The van der Waals surface area contributed by atoms with E-state index in [-0.39, 0.29) is 48.6 Å². The quantitative estimate of drug-likeness (QED) is 0.689. The monoisotopic (exact) mass is 398 g/mol. The first-order valence-corrected chi connectivity index (χ1v) is 9.52. The summed E-state index contributed by atoms with van der Waals surface area (Å²) < 4.78 is 18.1. The molecule has 1 saturated heterocycles. The number of amides is 1. The summed E-state index contributed by atoms with van der Waals surface area (Å²) in [6.07, 6.45) is 1.88. The number of nitrogens with zero attached hydrogens (tertiary/aromatic N) is 2. The third-order valence-electron chi connectivity index (χ3n) is 5.27. The van der Waals surface area contributed by atoms with Gasteiger partial charge in [0.15, 0.2) is 17.7 Å². The van der Waals surface area contributed by atoms with Crippen LogP contribution in [0.3, 0.4) is 0 Å². The topological polar surface area (TPSA) is 87.1 Å². The smallest absolute Gasteiger partial charge is 0.293 e. The average Bonchev–Trinajstić information content (AvgIpc) is 2.73. The highest BCUT2D eigenvalue weighted by Gasteiger charge is 2.41. The molecule has 4 rings (SSSR count). The Labute approximate surface area is 167 Å². The normalized spacial score (nSPS) is 20.6.